The van der Waals surface area contributed by atoms with Gasteiger partial charge in [0.15, 0.2) is 11.0 Å². The van der Waals surface area contributed by atoms with E-state index in [0.717, 1.165) is 35.3 Å². The number of amides is 2. The number of thiophene rings is 1. The highest BCUT2D eigenvalue weighted by atomic mass is 35.5. The van der Waals surface area contributed by atoms with Gasteiger partial charge in [0.1, 0.15) is 17.4 Å². The predicted molar refractivity (Wildman–Crippen MR) is 144 cm³/mol. The number of fused-ring (bicyclic) bond motifs is 1. The highest BCUT2D eigenvalue weighted by Crippen LogP contribution is 2.39. The molecule has 1 aliphatic rings. The number of anilines is 1. The van der Waals surface area contributed by atoms with Gasteiger partial charge in [0.2, 0.25) is 5.91 Å². The van der Waals surface area contributed by atoms with E-state index in [1.54, 1.807) is 12.1 Å². The number of carbonyl (C=O) groups is 2. The minimum Gasteiger partial charge on any atom is -0.484 e. The molecule has 1 unspecified atom stereocenters. The fourth-order valence-electron chi connectivity index (χ4n) is 4.10. The standard InChI is InChI=1S/C25H28ClN5O3S2/c1-4-9-31-20(12-34-18-10-14(2)6-8-17(18)26)29-30-25(31)35-13-21(32)28-24-22(23(27)33)16-7-5-15(3)11-19(16)36-24/h4,6,8,10,15H,1,5,7,9,11-13H2,2-3H3,(H2,27,33)(H,28,32). The smallest absolute Gasteiger partial charge is 0.251 e. The number of rotatable bonds is 10. The molecule has 1 atom stereocenters. The first-order chi connectivity index (χ1) is 17.3. The van der Waals surface area contributed by atoms with Crippen molar-refractivity contribution in [2.45, 2.75) is 51.4 Å². The molecule has 36 heavy (non-hydrogen) atoms. The maximum absolute atomic E-state index is 12.8. The molecule has 0 aliphatic heterocycles. The normalized spacial score (nSPS) is 14.8. The zero-order valence-electron chi connectivity index (χ0n) is 20.2. The van der Waals surface area contributed by atoms with Crippen LogP contribution in [-0.4, -0.2) is 32.3 Å². The number of aryl methyl sites for hydroxylation is 1. The number of nitrogens with one attached hydrogen (secondary N) is 1. The van der Waals surface area contributed by atoms with Crippen molar-refractivity contribution >= 4 is 51.5 Å². The number of hydrogen-bond donors (Lipinski definition) is 2. The Hall–Kier alpha value is -2.82. The Labute approximate surface area is 223 Å². The van der Waals surface area contributed by atoms with E-state index < -0.39 is 5.91 Å². The van der Waals surface area contributed by atoms with E-state index in [-0.39, 0.29) is 18.3 Å². The molecule has 4 rings (SSSR count). The Bertz CT molecular complexity index is 1300. The van der Waals surface area contributed by atoms with E-state index >= 15 is 0 Å². The first kappa shape index (κ1) is 26.2. The fraction of sp³-hybridized carbons (Fsp3) is 0.360. The summed E-state index contributed by atoms with van der Waals surface area (Å²) in [7, 11) is 0. The van der Waals surface area contributed by atoms with Crippen molar-refractivity contribution < 1.29 is 14.3 Å². The monoisotopic (exact) mass is 545 g/mol. The zero-order chi connectivity index (χ0) is 25.8. The number of halogens is 1. The predicted octanol–water partition coefficient (Wildman–Crippen LogP) is 5.02. The van der Waals surface area contributed by atoms with Crippen LogP contribution in [0.15, 0.2) is 36.0 Å². The molecule has 1 aliphatic carbocycles. The van der Waals surface area contributed by atoms with Crippen LogP contribution in [0.25, 0.3) is 0 Å². The lowest BCUT2D eigenvalue weighted by Crippen LogP contribution is -2.20. The van der Waals surface area contributed by atoms with Crippen LogP contribution in [0.2, 0.25) is 5.02 Å². The number of nitrogens with zero attached hydrogens (tertiary/aromatic N) is 3. The van der Waals surface area contributed by atoms with Gasteiger partial charge in [0.05, 0.1) is 16.3 Å². The summed E-state index contributed by atoms with van der Waals surface area (Å²) < 4.78 is 7.71. The Morgan fingerprint density at radius 2 is 2.22 bits per heavy atom. The van der Waals surface area contributed by atoms with Crippen LogP contribution in [0.1, 0.15) is 45.5 Å². The second-order valence-corrected chi connectivity index (χ2v) is 11.2. The molecule has 3 aromatic rings. The molecule has 2 amide bonds. The second-order valence-electron chi connectivity index (χ2n) is 8.78. The van der Waals surface area contributed by atoms with Crippen molar-refractivity contribution in [3.05, 3.63) is 63.3 Å². The topological polar surface area (TPSA) is 112 Å². The molecule has 0 saturated heterocycles. The van der Waals surface area contributed by atoms with E-state index in [1.165, 1.54) is 23.1 Å². The summed E-state index contributed by atoms with van der Waals surface area (Å²) in [6.07, 6.45) is 4.44. The maximum Gasteiger partial charge on any atom is 0.251 e. The lowest BCUT2D eigenvalue weighted by atomic mass is 9.88. The van der Waals surface area contributed by atoms with Gasteiger partial charge in [0.25, 0.3) is 5.91 Å². The minimum atomic E-state index is -0.505. The number of thioether (sulfide) groups is 1. The number of carbonyl (C=O) groups excluding carboxylic acids is 2. The summed E-state index contributed by atoms with van der Waals surface area (Å²) >= 11 is 8.93. The largest absolute Gasteiger partial charge is 0.484 e. The first-order valence-corrected chi connectivity index (χ1v) is 13.7. The molecule has 8 nitrogen and oxygen atoms in total. The summed E-state index contributed by atoms with van der Waals surface area (Å²) in [5.74, 6) is 1.05. The number of aromatic nitrogens is 3. The third-order valence-electron chi connectivity index (χ3n) is 5.89. The molecule has 2 aromatic heterocycles. The van der Waals surface area contributed by atoms with E-state index in [0.29, 0.717) is 44.8 Å². The molecule has 3 N–H and O–H groups in total. The molecule has 0 bridgehead atoms. The van der Waals surface area contributed by atoms with E-state index in [2.05, 4.69) is 29.0 Å². The molecule has 1 aromatic carbocycles. The van der Waals surface area contributed by atoms with Crippen molar-refractivity contribution in [3.63, 3.8) is 0 Å². The van der Waals surface area contributed by atoms with Gasteiger partial charge in [0, 0.05) is 11.4 Å². The van der Waals surface area contributed by atoms with Gasteiger partial charge in [-0.05, 0) is 55.4 Å². The van der Waals surface area contributed by atoms with Crippen LogP contribution in [0.5, 0.6) is 5.75 Å². The van der Waals surface area contributed by atoms with Crippen LogP contribution < -0.4 is 15.8 Å². The highest BCUT2D eigenvalue weighted by molar-refractivity contribution is 7.99. The summed E-state index contributed by atoms with van der Waals surface area (Å²) in [6.45, 7) is 8.58. The van der Waals surface area contributed by atoms with Crippen molar-refractivity contribution in [1.82, 2.24) is 14.8 Å². The average Bonchev–Trinajstić information content (AvgIpc) is 3.38. The van der Waals surface area contributed by atoms with Gasteiger partial charge in [-0.15, -0.1) is 28.1 Å². The number of ether oxygens (including phenoxy) is 1. The third-order valence-corrected chi connectivity index (χ3v) is 8.34. The van der Waals surface area contributed by atoms with Gasteiger partial charge >= 0.3 is 0 Å². The summed E-state index contributed by atoms with van der Waals surface area (Å²) in [6, 6.07) is 5.56. The van der Waals surface area contributed by atoms with E-state index in [9.17, 15) is 9.59 Å². The lowest BCUT2D eigenvalue weighted by molar-refractivity contribution is -0.113. The number of nitrogens with two attached hydrogens (primary N) is 1. The SMILES string of the molecule is C=CCn1c(COc2cc(C)ccc2Cl)nnc1SCC(=O)Nc1sc2c(c1C(N)=O)CCC(C)C2. The van der Waals surface area contributed by atoms with Gasteiger partial charge in [-0.3, -0.25) is 14.2 Å². The van der Waals surface area contributed by atoms with Crippen LogP contribution in [-0.2, 0) is 30.8 Å². The Morgan fingerprint density at radius 1 is 1.42 bits per heavy atom. The Morgan fingerprint density at radius 3 is 2.97 bits per heavy atom. The number of allylic oxidation sites excluding steroid dienone is 1. The molecule has 190 valence electrons. The van der Waals surface area contributed by atoms with Crippen molar-refractivity contribution in [3.8, 4) is 5.75 Å². The van der Waals surface area contributed by atoms with Gasteiger partial charge in [-0.1, -0.05) is 42.4 Å². The molecule has 0 saturated carbocycles. The summed E-state index contributed by atoms with van der Waals surface area (Å²) in [4.78, 5) is 26.1. The van der Waals surface area contributed by atoms with Crippen molar-refractivity contribution in [2.75, 3.05) is 11.1 Å². The first-order valence-electron chi connectivity index (χ1n) is 11.6. The van der Waals surface area contributed by atoms with E-state index in [1.807, 2.05) is 23.6 Å². The summed E-state index contributed by atoms with van der Waals surface area (Å²) in [5.41, 5.74) is 8.13. The van der Waals surface area contributed by atoms with Crippen LogP contribution >= 0.6 is 34.7 Å². The van der Waals surface area contributed by atoms with Crippen LogP contribution in [0, 0.1) is 12.8 Å². The van der Waals surface area contributed by atoms with E-state index in [4.69, 9.17) is 22.1 Å². The van der Waals surface area contributed by atoms with Gasteiger partial charge in [-0.2, -0.15) is 0 Å². The van der Waals surface area contributed by atoms with Crippen LogP contribution in [0.4, 0.5) is 5.00 Å². The fourth-order valence-corrected chi connectivity index (χ4v) is 6.47. The number of primary amides is 1. The molecule has 0 radical (unpaired) electrons. The highest BCUT2D eigenvalue weighted by Gasteiger charge is 2.27. The van der Waals surface area contributed by atoms with Gasteiger partial charge in [-0.25, -0.2) is 0 Å². The quantitative estimate of drug-likeness (QED) is 0.273. The maximum atomic E-state index is 12.8. The lowest BCUT2D eigenvalue weighted by Gasteiger charge is -2.18. The number of hydrogen-bond acceptors (Lipinski definition) is 7. The molecular formula is C25H28ClN5O3S2. The Balaban J connectivity index is 1.43. The van der Waals surface area contributed by atoms with Gasteiger partial charge < -0.3 is 15.8 Å². The van der Waals surface area contributed by atoms with Crippen molar-refractivity contribution in [1.29, 1.82) is 0 Å². The molecule has 2 heterocycles. The summed E-state index contributed by atoms with van der Waals surface area (Å²) in [5, 5.41) is 13.0. The molecular weight excluding hydrogens is 518 g/mol. The third kappa shape index (κ3) is 5.93. The minimum absolute atomic E-state index is 0.0943. The molecule has 0 fully saturated rings. The number of benzene rings is 1. The van der Waals surface area contributed by atoms with Crippen molar-refractivity contribution in [2.24, 2.45) is 11.7 Å². The molecule has 11 heteroatoms. The Kier molecular flexibility index (Phi) is 8.38. The zero-order valence-corrected chi connectivity index (χ0v) is 22.6. The van der Waals surface area contributed by atoms with Crippen LogP contribution in [0.3, 0.4) is 0 Å². The molecule has 0 spiro atoms. The second kappa shape index (κ2) is 11.5. The average molecular weight is 546 g/mol.